The molecule has 0 atom stereocenters. The maximum atomic E-state index is 12.9. The molecule has 3 nitrogen and oxygen atoms in total. The monoisotopic (exact) mass is 423 g/mol. The molecule has 31 heavy (non-hydrogen) atoms. The highest BCUT2D eigenvalue weighted by atomic mass is 19.4. The van der Waals surface area contributed by atoms with Crippen LogP contribution in [0.4, 0.5) is 19.0 Å². The predicted octanol–water partition coefficient (Wildman–Crippen LogP) is 5.99. The standard InChI is InChI=1S/C25H24F3N3/c1-30(24-18-21(10-13-29-24)25(26,27)28)14-5-15-31-16-11-20(12-17-31)23-9-4-7-19-6-2-3-8-22(19)23/h2-4,6-13,16,18H,5,14-15,17H2,1H3. The van der Waals surface area contributed by atoms with Crippen molar-refractivity contribution in [3.05, 3.63) is 90.3 Å². The molecular formula is C25H24F3N3. The zero-order valence-corrected chi connectivity index (χ0v) is 17.3. The van der Waals surface area contributed by atoms with Gasteiger partial charge in [0.25, 0.3) is 0 Å². The quantitative estimate of drug-likeness (QED) is 0.485. The molecular weight excluding hydrogens is 399 g/mol. The fourth-order valence-electron chi connectivity index (χ4n) is 3.80. The second-order valence-corrected chi connectivity index (χ2v) is 7.67. The van der Waals surface area contributed by atoms with Crippen LogP contribution in [-0.2, 0) is 6.18 Å². The van der Waals surface area contributed by atoms with E-state index in [9.17, 15) is 13.2 Å². The molecule has 1 aliphatic heterocycles. The first-order valence-corrected chi connectivity index (χ1v) is 10.3. The molecule has 0 aliphatic carbocycles. The Labute approximate surface area is 180 Å². The van der Waals surface area contributed by atoms with Crippen LogP contribution in [0.15, 0.2) is 79.1 Å². The van der Waals surface area contributed by atoms with E-state index in [-0.39, 0.29) is 0 Å². The Morgan fingerprint density at radius 3 is 2.65 bits per heavy atom. The van der Waals surface area contributed by atoms with E-state index < -0.39 is 11.7 Å². The van der Waals surface area contributed by atoms with Crippen LogP contribution in [0, 0.1) is 0 Å². The average molecular weight is 423 g/mol. The molecule has 0 unspecified atom stereocenters. The summed E-state index contributed by atoms with van der Waals surface area (Å²) in [7, 11) is 1.77. The lowest BCUT2D eigenvalue weighted by molar-refractivity contribution is -0.137. The Kier molecular flexibility index (Phi) is 5.98. The zero-order chi connectivity index (χ0) is 21.8. The number of rotatable bonds is 6. The molecule has 0 radical (unpaired) electrons. The SMILES string of the molecule is CN(CCCN1C=CC(c2cccc3ccccc23)=CC1)c1cc(C(F)(F)F)ccn1. The summed E-state index contributed by atoms with van der Waals surface area (Å²) in [6.45, 7) is 2.25. The number of halogens is 3. The van der Waals surface area contributed by atoms with Crippen LogP contribution < -0.4 is 4.90 Å². The minimum atomic E-state index is -4.36. The van der Waals surface area contributed by atoms with Crippen LogP contribution in [0.25, 0.3) is 16.3 Å². The fraction of sp³-hybridized carbons (Fsp3) is 0.240. The molecule has 3 aromatic rings. The first-order chi connectivity index (χ1) is 14.9. The van der Waals surface area contributed by atoms with Gasteiger partial charge in [0, 0.05) is 32.9 Å². The minimum Gasteiger partial charge on any atom is -0.374 e. The lowest BCUT2D eigenvalue weighted by atomic mass is 9.97. The molecule has 0 spiro atoms. The van der Waals surface area contributed by atoms with Crippen molar-refractivity contribution in [2.24, 2.45) is 0 Å². The molecule has 0 saturated heterocycles. The van der Waals surface area contributed by atoms with Gasteiger partial charge in [-0.2, -0.15) is 13.2 Å². The highest BCUT2D eigenvalue weighted by molar-refractivity contribution is 5.96. The van der Waals surface area contributed by atoms with E-state index >= 15 is 0 Å². The van der Waals surface area contributed by atoms with Gasteiger partial charge in [-0.15, -0.1) is 0 Å². The van der Waals surface area contributed by atoms with Gasteiger partial charge >= 0.3 is 6.18 Å². The smallest absolute Gasteiger partial charge is 0.374 e. The van der Waals surface area contributed by atoms with Crippen LogP contribution in [0.1, 0.15) is 17.5 Å². The number of hydrogen-bond acceptors (Lipinski definition) is 3. The zero-order valence-electron chi connectivity index (χ0n) is 17.3. The van der Waals surface area contributed by atoms with Crippen molar-refractivity contribution in [1.82, 2.24) is 9.88 Å². The third-order valence-electron chi connectivity index (χ3n) is 5.51. The first kappa shape index (κ1) is 21.0. The van der Waals surface area contributed by atoms with Crippen molar-refractivity contribution in [1.29, 1.82) is 0 Å². The van der Waals surface area contributed by atoms with E-state index in [1.807, 2.05) is 6.07 Å². The van der Waals surface area contributed by atoms with E-state index in [0.29, 0.717) is 12.4 Å². The summed E-state index contributed by atoms with van der Waals surface area (Å²) in [5.41, 5.74) is 1.76. The predicted molar refractivity (Wildman–Crippen MR) is 120 cm³/mol. The highest BCUT2D eigenvalue weighted by Crippen LogP contribution is 2.31. The van der Waals surface area contributed by atoms with E-state index in [4.69, 9.17) is 0 Å². The topological polar surface area (TPSA) is 19.4 Å². The van der Waals surface area contributed by atoms with Gasteiger partial charge in [0.05, 0.1) is 5.56 Å². The maximum absolute atomic E-state index is 12.9. The molecule has 2 heterocycles. The summed E-state index contributed by atoms with van der Waals surface area (Å²) in [4.78, 5) is 8.05. The summed E-state index contributed by atoms with van der Waals surface area (Å²) in [6.07, 6.45) is 4.12. The number of alkyl halides is 3. The number of fused-ring (bicyclic) bond motifs is 1. The molecule has 0 bridgehead atoms. The normalized spacial score (nSPS) is 14.1. The van der Waals surface area contributed by atoms with Gasteiger partial charge < -0.3 is 9.80 Å². The summed E-state index contributed by atoms with van der Waals surface area (Å²) in [5, 5.41) is 2.47. The van der Waals surface area contributed by atoms with E-state index in [1.54, 1.807) is 11.9 Å². The minimum absolute atomic E-state index is 0.335. The largest absolute Gasteiger partial charge is 0.416 e. The van der Waals surface area contributed by atoms with E-state index in [0.717, 1.165) is 31.6 Å². The maximum Gasteiger partial charge on any atom is 0.416 e. The van der Waals surface area contributed by atoms with Gasteiger partial charge in [-0.25, -0.2) is 4.98 Å². The Bertz CT molecular complexity index is 1110. The molecule has 1 aromatic heterocycles. The van der Waals surface area contributed by atoms with Crippen LogP contribution in [-0.4, -0.2) is 36.6 Å². The van der Waals surface area contributed by atoms with Crippen LogP contribution in [0.5, 0.6) is 0 Å². The molecule has 4 rings (SSSR count). The fourth-order valence-corrected chi connectivity index (χ4v) is 3.80. The number of allylic oxidation sites excluding steroid dienone is 2. The Balaban J connectivity index is 1.33. The highest BCUT2D eigenvalue weighted by Gasteiger charge is 2.31. The lowest BCUT2D eigenvalue weighted by Crippen LogP contribution is -2.26. The summed E-state index contributed by atoms with van der Waals surface area (Å²) >= 11 is 0. The van der Waals surface area contributed by atoms with Crippen molar-refractivity contribution in [2.45, 2.75) is 12.6 Å². The molecule has 0 fully saturated rings. The number of anilines is 1. The van der Waals surface area contributed by atoms with E-state index in [2.05, 4.69) is 64.6 Å². The number of pyridine rings is 1. The summed E-state index contributed by atoms with van der Waals surface area (Å²) < 4.78 is 38.7. The molecule has 2 aromatic carbocycles. The van der Waals surface area contributed by atoms with Gasteiger partial charge in [0.1, 0.15) is 5.82 Å². The number of nitrogens with zero attached hydrogens (tertiary/aromatic N) is 3. The van der Waals surface area contributed by atoms with Gasteiger partial charge in [-0.1, -0.05) is 48.5 Å². The van der Waals surface area contributed by atoms with Gasteiger partial charge in [-0.05, 0) is 52.7 Å². The molecule has 0 amide bonds. The van der Waals surface area contributed by atoms with Crippen LogP contribution in [0.2, 0.25) is 0 Å². The molecule has 160 valence electrons. The number of hydrogen-bond donors (Lipinski definition) is 0. The second kappa shape index (κ2) is 8.84. The Morgan fingerprint density at radius 1 is 1.06 bits per heavy atom. The van der Waals surface area contributed by atoms with Gasteiger partial charge in [0.2, 0.25) is 0 Å². The van der Waals surface area contributed by atoms with Crippen molar-refractivity contribution in [2.75, 3.05) is 31.6 Å². The van der Waals surface area contributed by atoms with Gasteiger partial charge in [-0.3, -0.25) is 0 Å². The van der Waals surface area contributed by atoms with Crippen molar-refractivity contribution in [3.63, 3.8) is 0 Å². The van der Waals surface area contributed by atoms with Crippen LogP contribution >= 0.6 is 0 Å². The molecule has 6 heteroatoms. The van der Waals surface area contributed by atoms with E-state index in [1.165, 1.54) is 28.1 Å². The van der Waals surface area contributed by atoms with Crippen molar-refractivity contribution >= 4 is 22.2 Å². The number of benzene rings is 2. The summed E-state index contributed by atoms with van der Waals surface area (Å²) in [6, 6.07) is 16.8. The lowest BCUT2D eigenvalue weighted by Gasteiger charge is -2.25. The third-order valence-corrected chi connectivity index (χ3v) is 5.51. The van der Waals surface area contributed by atoms with Crippen molar-refractivity contribution in [3.8, 4) is 0 Å². The first-order valence-electron chi connectivity index (χ1n) is 10.3. The molecule has 0 N–H and O–H groups in total. The molecule has 1 aliphatic rings. The summed E-state index contributed by atoms with van der Waals surface area (Å²) in [5.74, 6) is 0.335. The molecule has 0 saturated carbocycles. The third kappa shape index (κ3) is 4.90. The average Bonchev–Trinajstić information content (AvgIpc) is 2.79. The van der Waals surface area contributed by atoms with Crippen molar-refractivity contribution < 1.29 is 13.2 Å². The Morgan fingerprint density at radius 2 is 1.87 bits per heavy atom. The van der Waals surface area contributed by atoms with Crippen LogP contribution in [0.3, 0.4) is 0 Å². The second-order valence-electron chi connectivity index (χ2n) is 7.67. The van der Waals surface area contributed by atoms with Gasteiger partial charge in [0.15, 0.2) is 0 Å². The number of aromatic nitrogens is 1. The Hall–Kier alpha value is -3.28.